The Kier molecular flexibility index (Phi) is 57.4. The normalized spacial score (nSPS) is 14.2. The largest absolute Gasteiger partial charge is 0.472 e. The number of phosphoric acid groups is 2. The van der Waals surface area contributed by atoms with Crippen molar-refractivity contribution in [2.75, 3.05) is 39.6 Å². The summed E-state index contributed by atoms with van der Waals surface area (Å²) in [4.78, 5) is 72.1. The van der Waals surface area contributed by atoms with Gasteiger partial charge in [0, 0.05) is 25.7 Å². The fourth-order valence-electron chi connectivity index (χ4n) is 9.76. The lowest BCUT2D eigenvalue weighted by Crippen LogP contribution is -2.30. The van der Waals surface area contributed by atoms with Gasteiger partial charge >= 0.3 is 39.5 Å². The number of carbonyl (C=O) groups is 4. The van der Waals surface area contributed by atoms with Crippen LogP contribution in [0.2, 0.25) is 0 Å². The molecule has 0 aromatic carbocycles. The maximum Gasteiger partial charge on any atom is 0.472 e. The number of phosphoric ester groups is 2. The predicted octanol–water partition coefficient (Wildman–Crippen LogP) is 18.2. The first-order chi connectivity index (χ1) is 40.5. The summed E-state index contributed by atoms with van der Waals surface area (Å²) in [7, 11) is -9.88. The fraction of sp³-hybridized carbons (Fsp3) is 0.938. The first kappa shape index (κ1) is 82.1. The summed E-state index contributed by atoms with van der Waals surface area (Å²) < 4.78 is 67.9. The lowest BCUT2D eigenvalue weighted by atomic mass is 10.0. The first-order valence-electron chi connectivity index (χ1n) is 34.1. The van der Waals surface area contributed by atoms with Crippen LogP contribution in [-0.4, -0.2) is 96.7 Å². The Morgan fingerprint density at radius 1 is 0.321 bits per heavy atom. The average Bonchev–Trinajstić information content (AvgIpc) is 3.48. The first-order valence-corrected chi connectivity index (χ1v) is 37.1. The highest BCUT2D eigenvalue weighted by Crippen LogP contribution is 2.45. The number of rotatable bonds is 65. The molecule has 84 heavy (non-hydrogen) atoms. The summed E-state index contributed by atoms with van der Waals surface area (Å²) in [6.45, 7) is 7.13. The third-order valence-corrected chi connectivity index (χ3v) is 16.9. The van der Waals surface area contributed by atoms with Crippen LogP contribution in [-0.2, 0) is 65.4 Å². The Morgan fingerprint density at radius 3 is 0.810 bits per heavy atom. The van der Waals surface area contributed by atoms with Gasteiger partial charge in [-0.3, -0.25) is 37.3 Å². The van der Waals surface area contributed by atoms with Crippen molar-refractivity contribution in [1.29, 1.82) is 0 Å². The van der Waals surface area contributed by atoms with Crippen LogP contribution < -0.4 is 0 Å². The highest BCUT2D eigenvalue weighted by molar-refractivity contribution is 7.47. The number of ether oxygens (including phenoxy) is 4. The molecule has 0 amide bonds. The second kappa shape index (κ2) is 58.7. The Hall–Kier alpha value is -1.94. The lowest BCUT2D eigenvalue weighted by Gasteiger charge is -2.21. The van der Waals surface area contributed by atoms with Crippen LogP contribution >= 0.6 is 15.6 Å². The minimum Gasteiger partial charge on any atom is -0.462 e. The topological polar surface area (TPSA) is 237 Å². The Labute approximate surface area is 511 Å². The van der Waals surface area contributed by atoms with Crippen LogP contribution in [0.4, 0.5) is 0 Å². The molecule has 0 radical (unpaired) electrons. The molecule has 0 aliphatic rings. The second-order valence-corrected chi connectivity index (χ2v) is 26.9. The molecule has 3 N–H and O–H groups in total. The number of hydrogen-bond donors (Lipinski definition) is 3. The van der Waals surface area contributed by atoms with Gasteiger partial charge in [0.2, 0.25) is 0 Å². The van der Waals surface area contributed by atoms with Gasteiger partial charge in [0.05, 0.1) is 26.4 Å². The van der Waals surface area contributed by atoms with Gasteiger partial charge in [-0.05, 0) is 31.6 Å². The molecule has 0 rings (SSSR count). The molecule has 0 spiro atoms. The smallest absolute Gasteiger partial charge is 0.462 e. The van der Waals surface area contributed by atoms with Crippen LogP contribution in [0.25, 0.3) is 0 Å². The van der Waals surface area contributed by atoms with Gasteiger partial charge in [-0.2, -0.15) is 0 Å². The maximum absolute atomic E-state index is 13.0. The summed E-state index contributed by atoms with van der Waals surface area (Å²) in [6, 6.07) is 0. The van der Waals surface area contributed by atoms with Crippen molar-refractivity contribution >= 4 is 39.5 Å². The van der Waals surface area contributed by atoms with E-state index in [0.717, 1.165) is 109 Å². The number of carbonyl (C=O) groups excluding carboxylic acids is 4. The van der Waals surface area contributed by atoms with Gasteiger partial charge in [-0.15, -0.1) is 0 Å². The zero-order valence-corrected chi connectivity index (χ0v) is 55.8. The molecule has 0 heterocycles. The van der Waals surface area contributed by atoms with Crippen molar-refractivity contribution in [3.63, 3.8) is 0 Å². The molecule has 0 fully saturated rings. The molecule has 0 aromatic heterocycles. The molecule has 2 unspecified atom stereocenters. The SMILES string of the molecule is CCCCCCCCCCCCCCCCCCC(=O)O[C@H](COC(=O)CCCCCCCCCCCC(C)C)COP(=O)(O)OC[C@@H](O)COP(=O)(O)OC[C@@H](COC(=O)CCCCCCCCC)OC(=O)CCCCCCCCCCC. The summed E-state index contributed by atoms with van der Waals surface area (Å²) in [5.74, 6) is -1.39. The van der Waals surface area contributed by atoms with E-state index < -0.39 is 97.5 Å². The number of hydrogen-bond acceptors (Lipinski definition) is 15. The molecule has 498 valence electrons. The third kappa shape index (κ3) is 59.0. The minimum atomic E-state index is -4.94. The monoisotopic (exact) mass is 1240 g/mol. The van der Waals surface area contributed by atoms with Crippen molar-refractivity contribution in [1.82, 2.24) is 0 Å². The van der Waals surface area contributed by atoms with E-state index in [4.69, 9.17) is 37.0 Å². The molecule has 5 atom stereocenters. The second-order valence-electron chi connectivity index (χ2n) is 24.0. The van der Waals surface area contributed by atoms with E-state index in [0.29, 0.717) is 25.7 Å². The molecular weight excluding hydrogens is 1110 g/mol. The fourth-order valence-corrected chi connectivity index (χ4v) is 11.3. The van der Waals surface area contributed by atoms with E-state index in [9.17, 15) is 43.2 Å². The summed E-state index contributed by atoms with van der Waals surface area (Å²) >= 11 is 0. The molecule has 0 aliphatic heterocycles. The van der Waals surface area contributed by atoms with E-state index in [2.05, 4.69) is 34.6 Å². The van der Waals surface area contributed by atoms with Crippen LogP contribution in [0.3, 0.4) is 0 Å². The van der Waals surface area contributed by atoms with Gasteiger partial charge in [0.25, 0.3) is 0 Å². The Balaban J connectivity index is 5.19. The van der Waals surface area contributed by atoms with Gasteiger partial charge in [-0.25, -0.2) is 9.13 Å². The molecular formula is C65H126O17P2. The standard InChI is InChI=1S/C65H126O17P2/c1-6-9-12-15-18-20-21-22-23-24-25-26-30-36-41-46-51-65(70)82-61(55-76-63(68)49-44-39-34-31-27-29-33-37-42-47-58(4)5)57-80-84(73,74)78-53-59(66)52-77-83(71,72)79-56-60(54-75-62(67)48-43-38-32-17-14-11-8-3)81-64(69)50-45-40-35-28-19-16-13-10-7-2/h58-61,66H,6-57H2,1-5H3,(H,71,72)(H,73,74)/t59-,60+,61+/m0/s1. The molecule has 0 aliphatic carbocycles. The van der Waals surface area contributed by atoms with E-state index >= 15 is 0 Å². The number of unbranched alkanes of at least 4 members (excludes halogenated alkanes) is 37. The number of aliphatic hydroxyl groups is 1. The minimum absolute atomic E-state index is 0.105. The van der Waals surface area contributed by atoms with E-state index in [1.54, 1.807) is 0 Å². The van der Waals surface area contributed by atoms with Crippen LogP contribution in [0.5, 0.6) is 0 Å². The van der Waals surface area contributed by atoms with Crippen molar-refractivity contribution < 1.29 is 80.2 Å². The summed E-state index contributed by atoms with van der Waals surface area (Å²) in [5, 5.41) is 10.5. The van der Waals surface area contributed by atoms with Crippen LogP contribution in [0.15, 0.2) is 0 Å². The van der Waals surface area contributed by atoms with E-state index in [-0.39, 0.29) is 25.7 Å². The molecule has 0 saturated heterocycles. The third-order valence-electron chi connectivity index (χ3n) is 15.0. The highest BCUT2D eigenvalue weighted by atomic mass is 31.2. The maximum atomic E-state index is 13.0. The lowest BCUT2D eigenvalue weighted by molar-refractivity contribution is -0.161. The Bertz CT molecular complexity index is 1640. The molecule has 17 nitrogen and oxygen atoms in total. The molecule has 0 bridgehead atoms. The van der Waals surface area contributed by atoms with Gasteiger partial charge in [0.1, 0.15) is 19.3 Å². The highest BCUT2D eigenvalue weighted by Gasteiger charge is 2.30. The van der Waals surface area contributed by atoms with Gasteiger partial charge < -0.3 is 33.8 Å². The van der Waals surface area contributed by atoms with Crippen molar-refractivity contribution in [2.24, 2.45) is 5.92 Å². The predicted molar refractivity (Wildman–Crippen MR) is 335 cm³/mol. The van der Waals surface area contributed by atoms with Crippen LogP contribution in [0.1, 0.15) is 330 Å². The zero-order valence-electron chi connectivity index (χ0n) is 54.0. The van der Waals surface area contributed by atoms with Crippen molar-refractivity contribution in [2.45, 2.75) is 348 Å². The average molecular weight is 1240 g/mol. The van der Waals surface area contributed by atoms with Crippen LogP contribution in [0, 0.1) is 5.92 Å². The molecule has 19 heteroatoms. The van der Waals surface area contributed by atoms with Crippen molar-refractivity contribution in [3.8, 4) is 0 Å². The number of esters is 4. The Morgan fingerprint density at radius 2 is 0.548 bits per heavy atom. The molecule has 0 saturated carbocycles. The van der Waals surface area contributed by atoms with Crippen molar-refractivity contribution in [3.05, 3.63) is 0 Å². The van der Waals surface area contributed by atoms with Gasteiger partial charge in [-0.1, -0.05) is 279 Å². The van der Waals surface area contributed by atoms with E-state index in [1.807, 2.05) is 0 Å². The zero-order chi connectivity index (χ0) is 62.0. The van der Waals surface area contributed by atoms with E-state index in [1.165, 1.54) is 141 Å². The summed E-state index contributed by atoms with van der Waals surface area (Å²) in [6.07, 6.45) is 43.2. The molecule has 0 aromatic rings. The quantitative estimate of drug-likeness (QED) is 0.0222. The number of aliphatic hydroxyl groups excluding tert-OH is 1. The van der Waals surface area contributed by atoms with Gasteiger partial charge in [0.15, 0.2) is 12.2 Å². The summed E-state index contributed by atoms with van der Waals surface area (Å²) in [5.41, 5.74) is 0.